The fraction of sp³-hybridized carbons (Fsp3) is 0.909. The minimum atomic E-state index is -4.31. The molecule has 0 aromatic rings. The molecule has 1 aliphatic heterocycles. The molecule has 1 aliphatic carbocycles. The van der Waals surface area contributed by atoms with E-state index in [1.807, 2.05) is 13.8 Å². The van der Waals surface area contributed by atoms with E-state index in [9.17, 15) is 18.0 Å². The van der Waals surface area contributed by atoms with Crippen molar-refractivity contribution < 1.29 is 18.0 Å². The lowest BCUT2D eigenvalue weighted by Crippen LogP contribution is -2.50. The number of alkyl halides is 3. The molecule has 0 spiro atoms. The number of hydrogen-bond donors (Lipinski definition) is 1. The normalized spacial score (nSPS) is 28.0. The zero-order chi connectivity index (χ0) is 12.8. The summed E-state index contributed by atoms with van der Waals surface area (Å²) in [4.78, 5) is 12.9. The highest BCUT2D eigenvalue weighted by molar-refractivity contribution is 5.85. The first-order valence-electron chi connectivity index (χ1n) is 5.89. The summed E-state index contributed by atoms with van der Waals surface area (Å²) in [6.45, 7) is 3.93. The van der Waals surface area contributed by atoms with Gasteiger partial charge in [-0.2, -0.15) is 13.2 Å². The third-order valence-electron chi connectivity index (χ3n) is 3.53. The van der Waals surface area contributed by atoms with Crippen LogP contribution >= 0.6 is 0 Å². The molecule has 2 aliphatic rings. The maximum absolute atomic E-state index is 12.9. The van der Waals surface area contributed by atoms with Gasteiger partial charge in [0.05, 0.1) is 12.7 Å². The summed E-state index contributed by atoms with van der Waals surface area (Å²) in [5.41, 5.74) is -1.87. The van der Waals surface area contributed by atoms with Gasteiger partial charge in [0.25, 0.3) is 0 Å². The van der Waals surface area contributed by atoms with Crippen molar-refractivity contribution in [1.29, 1.82) is 0 Å². The fourth-order valence-corrected chi connectivity index (χ4v) is 2.40. The zero-order valence-corrected chi connectivity index (χ0v) is 9.97. The molecule has 3 nitrogen and oxygen atoms in total. The number of carbonyl (C=O) groups is 1. The van der Waals surface area contributed by atoms with Crippen LogP contribution in [0.5, 0.6) is 0 Å². The van der Waals surface area contributed by atoms with E-state index in [2.05, 4.69) is 5.32 Å². The molecule has 2 rings (SSSR count). The Morgan fingerprint density at radius 1 is 1.47 bits per heavy atom. The van der Waals surface area contributed by atoms with Gasteiger partial charge in [0.2, 0.25) is 5.91 Å². The van der Waals surface area contributed by atoms with E-state index in [-0.39, 0.29) is 25.4 Å². The van der Waals surface area contributed by atoms with Crippen LogP contribution in [0.25, 0.3) is 0 Å². The van der Waals surface area contributed by atoms with Crippen LogP contribution in [0, 0.1) is 5.92 Å². The average Bonchev–Trinajstić information content (AvgIpc) is 2.90. The van der Waals surface area contributed by atoms with Crippen LogP contribution in [-0.4, -0.2) is 35.2 Å². The summed E-state index contributed by atoms with van der Waals surface area (Å²) in [5, 5.41) is 2.88. The van der Waals surface area contributed by atoms with Gasteiger partial charge in [-0.25, -0.2) is 0 Å². The van der Waals surface area contributed by atoms with Crippen molar-refractivity contribution in [2.24, 2.45) is 5.92 Å². The molecule has 1 unspecified atom stereocenters. The van der Waals surface area contributed by atoms with Gasteiger partial charge < -0.3 is 4.90 Å². The first kappa shape index (κ1) is 12.7. The molecule has 98 valence electrons. The molecule has 0 radical (unpaired) electrons. The average molecular weight is 250 g/mol. The van der Waals surface area contributed by atoms with Crippen molar-refractivity contribution in [3.8, 4) is 0 Å². The molecular weight excluding hydrogens is 233 g/mol. The Morgan fingerprint density at radius 3 is 2.47 bits per heavy atom. The Hall–Kier alpha value is -0.780. The fourth-order valence-electron chi connectivity index (χ4n) is 2.40. The van der Waals surface area contributed by atoms with Crippen molar-refractivity contribution in [2.75, 3.05) is 6.67 Å². The molecule has 6 heteroatoms. The van der Waals surface area contributed by atoms with Crippen LogP contribution < -0.4 is 5.32 Å². The Balaban J connectivity index is 2.08. The topological polar surface area (TPSA) is 32.3 Å². The highest BCUT2D eigenvalue weighted by Gasteiger charge is 2.69. The number of amides is 1. The van der Waals surface area contributed by atoms with Crippen LogP contribution in [0.1, 0.15) is 33.1 Å². The molecule has 1 heterocycles. The molecule has 0 bridgehead atoms. The molecule has 1 atom stereocenters. The first-order chi connectivity index (χ1) is 7.78. The predicted molar refractivity (Wildman–Crippen MR) is 56.1 cm³/mol. The van der Waals surface area contributed by atoms with Crippen molar-refractivity contribution >= 4 is 5.91 Å². The summed E-state index contributed by atoms with van der Waals surface area (Å²) >= 11 is 0. The number of carbonyl (C=O) groups excluding carboxylic acids is 1. The second-order valence-corrected chi connectivity index (χ2v) is 5.34. The third kappa shape index (κ3) is 2.03. The molecule has 17 heavy (non-hydrogen) atoms. The minimum absolute atomic E-state index is 0.0235. The standard InChI is InChI=1S/C11H17F3N2O/c1-7(2)5-8-9(17)16(6-15-8)10(3-4-10)11(12,13)14/h7-8,15H,3-6H2,1-2H3. The second kappa shape index (κ2) is 3.86. The van der Waals surface area contributed by atoms with Gasteiger partial charge in [0.15, 0.2) is 0 Å². The first-order valence-corrected chi connectivity index (χ1v) is 5.89. The van der Waals surface area contributed by atoms with Crippen LogP contribution in [0.3, 0.4) is 0 Å². The number of rotatable bonds is 3. The summed E-state index contributed by atoms with van der Waals surface area (Å²) < 4.78 is 38.7. The Labute approximate surface area is 98.3 Å². The monoisotopic (exact) mass is 250 g/mol. The third-order valence-corrected chi connectivity index (χ3v) is 3.53. The van der Waals surface area contributed by atoms with E-state index in [0.29, 0.717) is 6.42 Å². The zero-order valence-electron chi connectivity index (χ0n) is 9.97. The minimum Gasteiger partial charge on any atom is -0.314 e. The lowest BCUT2D eigenvalue weighted by Gasteiger charge is -2.29. The number of hydrogen-bond acceptors (Lipinski definition) is 2. The van der Waals surface area contributed by atoms with Gasteiger partial charge >= 0.3 is 6.18 Å². The highest BCUT2D eigenvalue weighted by atomic mass is 19.4. The number of nitrogens with one attached hydrogen (secondary N) is 1. The molecule has 0 aromatic carbocycles. The van der Waals surface area contributed by atoms with Crippen LogP contribution in [0.4, 0.5) is 13.2 Å². The molecule has 1 saturated heterocycles. The van der Waals surface area contributed by atoms with E-state index in [1.165, 1.54) is 0 Å². The van der Waals surface area contributed by atoms with E-state index in [1.54, 1.807) is 0 Å². The van der Waals surface area contributed by atoms with Gasteiger partial charge in [0.1, 0.15) is 5.54 Å². The highest BCUT2D eigenvalue weighted by Crippen LogP contribution is 2.54. The Kier molecular flexibility index (Phi) is 2.88. The summed E-state index contributed by atoms with van der Waals surface area (Å²) in [7, 11) is 0. The largest absolute Gasteiger partial charge is 0.411 e. The van der Waals surface area contributed by atoms with Gasteiger partial charge in [-0.15, -0.1) is 0 Å². The molecule has 1 amide bonds. The van der Waals surface area contributed by atoms with Crippen LogP contribution in [0.2, 0.25) is 0 Å². The van der Waals surface area contributed by atoms with Crippen molar-refractivity contribution in [3.05, 3.63) is 0 Å². The van der Waals surface area contributed by atoms with Crippen molar-refractivity contribution in [1.82, 2.24) is 10.2 Å². The van der Waals surface area contributed by atoms with E-state index < -0.39 is 23.7 Å². The van der Waals surface area contributed by atoms with Crippen molar-refractivity contribution in [3.63, 3.8) is 0 Å². The summed E-state index contributed by atoms with van der Waals surface area (Å²) in [6, 6.07) is -0.449. The summed E-state index contributed by atoms with van der Waals surface area (Å²) in [6.07, 6.45) is -3.64. The number of nitrogens with zero attached hydrogens (tertiary/aromatic N) is 1. The van der Waals surface area contributed by atoms with E-state index >= 15 is 0 Å². The molecule has 2 fully saturated rings. The molecule has 0 aromatic heterocycles. The maximum Gasteiger partial charge on any atom is 0.411 e. The lowest BCUT2D eigenvalue weighted by atomic mass is 10.0. The van der Waals surface area contributed by atoms with Gasteiger partial charge in [-0.1, -0.05) is 13.8 Å². The summed E-state index contributed by atoms with van der Waals surface area (Å²) in [5.74, 6) is -0.106. The van der Waals surface area contributed by atoms with Gasteiger partial charge in [-0.05, 0) is 25.2 Å². The number of halogens is 3. The van der Waals surface area contributed by atoms with Crippen LogP contribution in [0.15, 0.2) is 0 Å². The van der Waals surface area contributed by atoms with E-state index in [0.717, 1.165) is 4.90 Å². The molecule has 1 N–H and O–H groups in total. The van der Waals surface area contributed by atoms with E-state index in [4.69, 9.17) is 0 Å². The SMILES string of the molecule is CC(C)CC1NCN(C2(C(F)(F)F)CC2)C1=O. The predicted octanol–water partition coefficient (Wildman–Crippen LogP) is 1.89. The van der Waals surface area contributed by atoms with Gasteiger partial charge in [-0.3, -0.25) is 10.1 Å². The van der Waals surface area contributed by atoms with Crippen molar-refractivity contribution in [2.45, 2.75) is 50.9 Å². The molecule has 1 saturated carbocycles. The second-order valence-electron chi connectivity index (χ2n) is 5.34. The quantitative estimate of drug-likeness (QED) is 0.829. The smallest absolute Gasteiger partial charge is 0.314 e. The maximum atomic E-state index is 12.9. The van der Waals surface area contributed by atoms with Gasteiger partial charge in [0, 0.05) is 0 Å². The Morgan fingerprint density at radius 2 is 2.06 bits per heavy atom. The lowest BCUT2D eigenvalue weighted by molar-refractivity contribution is -0.197. The molecular formula is C11H17F3N2O. The Bertz CT molecular complexity index is 323. The van der Waals surface area contributed by atoms with Crippen LogP contribution in [-0.2, 0) is 4.79 Å².